The lowest BCUT2D eigenvalue weighted by Crippen LogP contribution is -2.28. The highest BCUT2D eigenvalue weighted by Crippen LogP contribution is 2.31. The van der Waals surface area contributed by atoms with Crippen molar-refractivity contribution in [1.82, 2.24) is 5.32 Å². The van der Waals surface area contributed by atoms with Gasteiger partial charge >= 0.3 is 0 Å². The van der Waals surface area contributed by atoms with E-state index in [9.17, 15) is 4.79 Å². The number of ether oxygens (including phenoxy) is 1. The van der Waals surface area contributed by atoms with Crippen molar-refractivity contribution in [2.45, 2.75) is 6.92 Å². The summed E-state index contributed by atoms with van der Waals surface area (Å²) in [5, 5.41) is 2.79. The summed E-state index contributed by atoms with van der Waals surface area (Å²) in [4.78, 5) is 13.8. The predicted octanol–water partition coefficient (Wildman–Crippen LogP) is 2.84. The molecule has 0 spiro atoms. The van der Waals surface area contributed by atoms with Gasteiger partial charge in [-0.05, 0) is 36.2 Å². The van der Waals surface area contributed by atoms with Gasteiger partial charge in [-0.2, -0.15) is 0 Å². The monoisotopic (exact) mass is 326 g/mol. The zero-order valence-corrected chi connectivity index (χ0v) is 13.6. The van der Waals surface area contributed by atoms with Crippen LogP contribution in [-0.4, -0.2) is 26.1 Å². The zero-order chi connectivity index (χ0) is 14.5. The summed E-state index contributed by atoms with van der Waals surface area (Å²) in [5.74, 6) is 0.755. The number of nitrogens with one attached hydrogen (secondary N) is 1. The number of benzene rings is 1. The number of carbonyl (C=O) groups excluding carboxylic acids is 1. The minimum atomic E-state index is -0.0664. The highest BCUT2D eigenvalue weighted by atomic mass is 35.5. The molecule has 1 aromatic heterocycles. The molecule has 0 radical (unpaired) electrons. The topological polar surface area (TPSA) is 64.3 Å². The highest BCUT2D eigenvalue weighted by molar-refractivity contribution is 7.14. The Morgan fingerprint density at radius 3 is 2.57 bits per heavy atom. The van der Waals surface area contributed by atoms with Crippen molar-refractivity contribution in [2.75, 3.05) is 20.2 Å². The molecule has 6 heteroatoms. The van der Waals surface area contributed by atoms with Gasteiger partial charge in [0, 0.05) is 18.0 Å². The minimum Gasteiger partial charge on any atom is -0.497 e. The molecular formula is C15H19ClN2O2S. The Bertz CT molecular complexity index is 596. The van der Waals surface area contributed by atoms with Crippen LogP contribution in [0.25, 0.3) is 11.1 Å². The van der Waals surface area contributed by atoms with Gasteiger partial charge in [0.25, 0.3) is 5.91 Å². The number of aryl methyl sites for hydroxylation is 1. The number of hydrogen-bond acceptors (Lipinski definition) is 4. The van der Waals surface area contributed by atoms with Crippen molar-refractivity contribution < 1.29 is 9.53 Å². The lowest BCUT2D eigenvalue weighted by molar-refractivity contribution is 0.0959. The molecule has 2 rings (SSSR count). The first-order valence-corrected chi connectivity index (χ1v) is 7.20. The van der Waals surface area contributed by atoms with Crippen LogP contribution in [-0.2, 0) is 0 Å². The fourth-order valence-corrected chi connectivity index (χ4v) is 2.88. The van der Waals surface area contributed by atoms with E-state index in [2.05, 4.69) is 5.32 Å². The molecule has 0 saturated carbocycles. The first-order chi connectivity index (χ1) is 9.65. The largest absolute Gasteiger partial charge is 0.497 e. The van der Waals surface area contributed by atoms with Gasteiger partial charge in [0.2, 0.25) is 0 Å². The van der Waals surface area contributed by atoms with E-state index in [0.29, 0.717) is 18.0 Å². The first kappa shape index (κ1) is 17.5. The number of carbonyl (C=O) groups is 1. The van der Waals surface area contributed by atoms with Crippen molar-refractivity contribution in [3.05, 3.63) is 40.1 Å². The second-order valence-electron chi connectivity index (χ2n) is 4.35. The molecule has 0 fully saturated rings. The maximum atomic E-state index is 11.9. The van der Waals surface area contributed by atoms with Crippen molar-refractivity contribution in [3.8, 4) is 16.9 Å². The maximum absolute atomic E-state index is 11.9. The third kappa shape index (κ3) is 4.20. The number of halogens is 1. The van der Waals surface area contributed by atoms with E-state index >= 15 is 0 Å². The summed E-state index contributed by atoms with van der Waals surface area (Å²) in [5.41, 5.74) is 7.55. The molecular weight excluding hydrogens is 308 g/mol. The van der Waals surface area contributed by atoms with Gasteiger partial charge in [-0.25, -0.2) is 0 Å². The summed E-state index contributed by atoms with van der Waals surface area (Å²) in [6, 6.07) is 9.75. The molecule has 0 atom stereocenters. The lowest BCUT2D eigenvalue weighted by atomic mass is 10.1. The van der Waals surface area contributed by atoms with Gasteiger partial charge in [0.05, 0.1) is 12.0 Å². The Hall–Kier alpha value is -1.56. The molecule has 1 aromatic carbocycles. The lowest BCUT2D eigenvalue weighted by Gasteiger charge is -2.02. The second kappa shape index (κ2) is 8.02. The molecule has 4 nitrogen and oxygen atoms in total. The van der Waals surface area contributed by atoms with Crippen LogP contribution in [0.2, 0.25) is 0 Å². The molecule has 1 amide bonds. The summed E-state index contributed by atoms with van der Waals surface area (Å²) < 4.78 is 5.15. The number of hydrogen-bond donors (Lipinski definition) is 2. The quantitative estimate of drug-likeness (QED) is 0.888. The molecule has 3 N–H and O–H groups in total. The SMILES string of the molecule is COc1ccc(-c2cc(C(=O)NCCN)sc2C)cc1.Cl. The number of nitrogens with two attached hydrogens (primary N) is 1. The average molecular weight is 327 g/mol. The Balaban J connectivity index is 0.00000220. The van der Waals surface area contributed by atoms with Crippen molar-refractivity contribution in [2.24, 2.45) is 5.73 Å². The number of amides is 1. The molecule has 1 heterocycles. The molecule has 21 heavy (non-hydrogen) atoms. The van der Waals surface area contributed by atoms with E-state index in [0.717, 1.165) is 21.8 Å². The van der Waals surface area contributed by atoms with Crippen molar-refractivity contribution in [3.63, 3.8) is 0 Å². The molecule has 2 aromatic rings. The molecule has 0 aliphatic heterocycles. The fourth-order valence-electron chi connectivity index (χ4n) is 1.92. The highest BCUT2D eigenvalue weighted by Gasteiger charge is 2.13. The van der Waals surface area contributed by atoms with Gasteiger partial charge in [0.15, 0.2) is 0 Å². The van der Waals surface area contributed by atoms with E-state index in [1.54, 1.807) is 7.11 Å². The number of methoxy groups -OCH3 is 1. The Labute approximate surface area is 134 Å². The Morgan fingerprint density at radius 2 is 2.00 bits per heavy atom. The van der Waals surface area contributed by atoms with Gasteiger partial charge in [-0.3, -0.25) is 4.79 Å². The fraction of sp³-hybridized carbons (Fsp3) is 0.267. The standard InChI is InChI=1S/C15H18N2O2S.ClH/c1-10-13(11-3-5-12(19-2)6-4-11)9-14(20-10)15(18)17-8-7-16;/h3-6,9H,7-8,16H2,1-2H3,(H,17,18);1H. The smallest absolute Gasteiger partial charge is 0.261 e. The average Bonchev–Trinajstić information content (AvgIpc) is 2.87. The van der Waals surface area contributed by atoms with Gasteiger partial charge in [-0.15, -0.1) is 23.7 Å². The second-order valence-corrected chi connectivity index (χ2v) is 5.61. The van der Waals surface area contributed by atoms with E-state index in [4.69, 9.17) is 10.5 Å². The third-order valence-corrected chi connectivity index (χ3v) is 4.02. The van der Waals surface area contributed by atoms with Crippen LogP contribution in [0.15, 0.2) is 30.3 Å². The van der Waals surface area contributed by atoms with Crippen LogP contribution in [0.4, 0.5) is 0 Å². The summed E-state index contributed by atoms with van der Waals surface area (Å²) in [7, 11) is 1.64. The molecule has 0 aliphatic carbocycles. The minimum absolute atomic E-state index is 0. The molecule has 0 saturated heterocycles. The normalized spacial score (nSPS) is 9.86. The van der Waals surface area contributed by atoms with Crippen LogP contribution in [0, 0.1) is 6.92 Å². The molecule has 114 valence electrons. The maximum Gasteiger partial charge on any atom is 0.261 e. The van der Waals surface area contributed by atoms with E-state index in [1.165, 1.54) is 11.3 Å². The molecule has 0 unspecified atom stereocenters. The summed E-state index contributed by atoms with van der Waals surface area (Å²) >= 11 is 1.49. The molecule has 0 aliphatic rings. The Kier molecular flexibility index (Phi) is 6.68. The Morgan fingerprint density at radius 1 is 1.33 bits per heavy atom. The van der Waals surface area contributed by atoms with Crippen LogP contribution in [0.1, 0.15) is 14.5 Å². The zero-order valence-electron chi connectivity index (χ0n) is 12.0. The first-order valence-electron chi connectivity index (χ1n) is 6.39. The third-order valence-electron chi connectivity index (χ3n) is 2.97. The van der Waals surface area contributed by atoms with Crippen LogP contribution < -0.4 is 15.8 Å². The van der Waals surface area contributed by atoms with Gasteiger partial charge < -0.3 is 15.8 Å². The van der Waals surface area contributed by atoms with Crippen LogP contribution in [0.5, 0.6) is 5.75 Å². The predicted molar refractivity (Wildman–Crippen MR) is 89.7 cm³/mol. The molecule has 0 bridgehead atoms. The van der Waals surface area contributed by atoms with Crippen molar-refractivity contribution in [1.29, 1.82) is 0 Å². The number of thiophene rings is 1. The van der Waals surface area contributed by atoms with E-state index in [-0.39, 0.29) is 18.3 Å². The van der Waals surface area contributed by atoms with E-state index < -0.39 is 0 Å². The van der Waals surface area contributed by atoms with E-state index in [1.807, 2.05) is 37.3 Å². The summed E-state index contributed by atoms with van der Waals surface area (Å²) in [6.07, 6.45) is 0. The number of rotatable bonds is 5. The van der Waals surface area contributed by atoms with Crippen molar-refractivity contribution >= 4 is 29.7 Å². The van der Waals surface area contributed by atoms with Crippen LogP contribution in [0.3, 0.4) is 0 Å². The summed E-state index contributed by atoms with van der Waals surface area (Å²) in [6.45, 7) is 2.96. The van der Waals surface area contributed by atoms with Gasteiger partial charge in [0.1, 0.15) is 5.75 Å². The van der Waals surface area contributed by atoms with Gasteiger partial charge in [-0.1, -0.05) is 12.1 Å². The van der Waals surface area contributed by atoms with Crippen LogP contribution >= 0.6 is 23.7 Å².